The van der Waals surface area contributed by atoms with Crippen molar-refractivity contribution < 1.29 is 10.2 Å². The predicted octanol–water partition coefficient (Wildman–Crippen LogP) is 6.10. The minimum atomic E-state index is -0.575. The SMILES string of the molecule is CC[C@@](O)(CCc1ccncc1)[C@H]1CC[C@H]2[C@@H]3CC=C4C[C@@H](O)CC[C@]4(C)[C@H]3CC[C@]12C. The van der Waals surface area contributed by atoms with Gasteiger partial charge in [-0.05, 0) is 123 Å². The van der Waals surface area contributed by atoms with Gasteiger partial charge in [0.2, 0.25) is 0 Å². The number of hydrogen-bond donors (Lipinski definition) is 2. The molecular formula is C29H43NO2. The Labute approximate surface area is 194 Å². The van der Waals surface area contributed by atoms with E-state index in [-0.39, 0.29) is 11.5 Å². The fourth-order valence-corrected chi connectivity index (χ4v) is 9.03. The molecule has 3 nitrogen and oxygen atoms in total. The molecule has 0 unspecified atom stereocenters. The van der Waals surface area contributed by atoms with Crippen molar-refractivity contribution in [1.29, 1.82) is 0 Å². The van der Waals surface area contributed by atoms with Crippen LogP contribution < -0.4 is 0 Å². The van der Waals surface area contributed by atoms with Gasteiger partial charge in [0, 0.05) is 12.4 Å². The van der Waals surface area contributed by atoms with Crippen LogP contribution in [0.3, 0.4) is 0 Å². The van der Waals surface area contributed by atoms with Gasteiger partial charge in [-0.15, -0.1) is 0 Å². The smallest absolute Gasteiger partial charge is 0.0681 e. The quantitative estimate of drug-likeness (QED) is 0.548. The molecule has 0 spiro atoms. The van der Waals surface area contributed by atoms with Gasteiger partial charge in [-0.1, -0.05) is 32.4 Å². The summed E-state index contributed by atoms with van der Waals surface area (Å²) in [7, 11) is 0. The van der Waals surface area contributed by atoms with Gasteiger partial charge < -0.3 is 10.2 Å². The summed E-state index contributed by atoms with van der Waals surface area (Å²) < 4.78 is 0. The van der Waals surface area contributed by atoms with Crippen molar-refractivity contribution in [2.24, 2.45) is 34.5 Å². The standard InChI is InChI=1S/C29H43NO2/c1-4-29(32,16-9-20-12-17-30-18-13-20)26-8-7-24-23-6-5-21-19-22(31)10-14-27(21,2)25(23)11-15-28(24,26)3/h5,12-13,17-18,22-26,31-32H,4,6-11,14-16,19H2,1-3H3/t22-,23-,24-,25-,26-,27-,28-,29+/m0/s1. The van der Waals surface area contributed by atoms with E-state index in [0.29, 0.717) is 11.3 Å². The van der Waals surface area contributed by atoms with Crippen LogP contribution in [-0.4, -0.2) is 26.9 Å². The maximum atomic E-state index is 12.0. The van der Waals surface area contributed by atoms with Crippen LogP contribution in [0.25, 0.3) is 0 Å². The first-order valence-corrected chi connectivity index (χ1v) is 13.3. The number of aliphatic hydroxyl groups is 2. The molecule has 4 aliphatic carbocycles. The number of aliphatic hydroxyl groups excluding tert-OH is 1. The molecular weight excluding hydrogens is 394 g/mol. The number of rotatable bonds is 5. The van der Waals surface area contributed by atoms with Gasteiger partial charge in [0.05, 0.1) is 11.7 Å². The second-order valence-corrected chi connectivity index (χ2v) is 12.1. The van der Waals surface area contributed by atoms with Crippen LogP contribution in [0.5, 0.6) is 0 Å². The molecule has 1 heterocycles. The molecule has 0 aliphatic heterocycles. The van der Waals surface area contributed by atoms with Gasteiger partial charge in [-0.2, -0.15) is 0 Å². The first-order valence-electron chi connectivity index (χ1n) is 13.3. The van der Waals surface area contributed by atoms with Gasteiger partial charge in [-0.3, -0.25) is 4.98 Å². The number of fused-ring (bicyclic) bond motifs is 5. The fraction of sp³-hybridized carbons (Fsp3) is 0.759. The Bertz CT molecular complexity index is 852. The number of nitrogens with zero attached hydrogens (tertiary/aromatic N) is 1. The van der Waals surface area contributed by atoms with E-state index in [1.54, 1.807) is 5.57 Å². The third-order valence-electron chi connectivity index (χ3n) is 10.9. The van der Waals surface area contributed by atoms with E-state index >= 15 is 0 Å². The molecule has 32 heavy (non-hydrogen) atoms. The highest BCUT2D eigenvalue weighted by Gasteiger charge is 2.61. The Balaban J connectivity index is 1.37. The number of allylic oxidation sites excluding steroid dienone is 1. The zero-order valence-corrected chi connectivity index (χ0v) is 20.4. The Morgan fingerprint density at radius 2 is 1.84 bits per heavy atom. The third kappa shape index (κ3) is 3.50. The lowest BCUT2D eigenvalue weighted by atomic mass is 9.46. The Morgan fingerprint density at radius 1 is 1.06 bits per heavy atom. The summed E-state index contributed by atoms with van der Waals surface area (Å²) in [6, 6.07) is 4.18. The van der Waals surface area contributed by atoms with Gasteiger partial charge in [0.1, 0.15) is 0 Å². The van der Waals surface area contributed by atoms with E-state index in [9.17, 15) is 10.2 Å². The minimum Gasteiger partial charge on any atom is -0.393 e. The second-order valence-electron chi connectivity index (χ2n) is 12.1. The van der Waals surface area contributed by atoms with Crippen LogP contribution in [0.15, 0.2) is 36.2 Å². The van der Waals surface area contributed by atoms with Gasteiger partial charge in [-0.25, -0.2) is 0 Å². The highest BCUT2D eigenvalue weighted by atomic mass is 16.3. The number of aromatic nitrogens is 1. The van der Waals surface area contributed by atoms with Crippen LogP contribution in [0.1, 0.15) is 90.5 Å². The average Bonchev–Trinajstić information content (AvgIpc) is 3.16. The maximum Gasteiger partial charge on any atom is 0.0681 e. The highest BCUT2D eigenvalue weighted by Crippen LogP contribution is 2.68. The first kappa shape index (κ1) is 22.6. The second kappa shape index (κ2) is 8.24. The van der Waals surface area contributed by atoms with Crippen LogP contribution in [-0.2, 0) is 6.42 Å². The van der Waals surface area contributed by atoms with Gasteiger partial charge >= 0.3 is 0 Å². The lowest BCUT2D eigenvalue weighted by molar-refractivity contribution is -0.114. The summed E-state index contributed by atoms with van der Waals surface area (Å²) >= 11 is 0. The number of pyridine rings is 1. The van der Waals surface area contributed by atoms with Crippen molar-refractivity contribution >= 4 is 0 Å². The third-order valence-corrected chi connectivity index (χ3v) is 10.9. The molecule has 0 amide bonds. The molecule has 1 aromatic heterocycles. The molecule has 2 N–H and O–H groups in total. The molecule has 8 atom stereocenters. The molecule has 3 fully saturated rings. The Morgan fingerprint density at radius 3 is 2.59 bits per heavy atom. The van der Waals surface area contributed by atoms with Crippen molar-refractivity contribution in [3.8, 4) is 0 Å². The average molecular weight is 438 g/mol. The summed E-state index contributed by atoms with van der Waals surface area (Å²) in [5.74, 6) is 2.65. The lowest BCUT2D eigenvalue weighted by Crippen LogP contribution is -2.53. The van der Waals surface area contributed by atoms with Crippen molar-refractivity contribution in [3.63, 3.8) is 0 Å². The van der Waals surface area contributed by atoms with Crippen molar-refractivity contribution in [3.05, 3.63) is 41.7 Å². The maximum absolute atomic E-state index is 12.0. The molecule has 0 bridgehead atoms. The highest BCUT2D eigenvalue weighted by molar-refractivity contribution is 5.25. The van der Waals surface area contributed by atoms with Gasteiger partial charge in [0.15, 0.2) is 0 Å². The topological polar surface area (TPSA) is 53.4 Å². The van der Waals surface area contributed by atoms with E-state index in [2.05, 4.69) is 44.0 Å². The molecule has 4 aliphatic rings. The fourth-order valence-electron chi connectivity index (χ4n) is 9.03. The van der Waals surface area contributed by atoms with E-state index in [1.165, 1.54) is 37.7 Å². The van der Waals surface area contributed by atoms with Crippen molar-refractivity contribution in [1.82, 2.24) is 4.98 Å². The monoisotopic (exact) mass is 437 g/mol. The molecule has 176 valence electrons. The molecule has 3 saturated carbocycles. The molecule has 1 aromatic rings. The number of aryl methyl sites for hydroxylation is 1. The molecule has 0 radical (unpaired) electrons. The van der Waals surface area contributed by atoms with E-state index in [1.807, 2.05) is 12.4 Å². The molecule has 3 heteroatoms. The van der Waals surface area contributed by atoms with E-state index in [4.69, 9.17) is 0 Å². The molecule has 0 aromatic carbocycles. The summed E-state index contributed by atoms with van der Waals surface area (Å²) in [6.07, 6.45) is 18.0. The summed E-state index contributed by atoms with van der Waals surface area (Å²) in [5, 5.41) is 22.3. The summed E-state index contributed by atoms with van der Waals surface area (Å²) in [4.78, 5) is 4.15. The Hall–Kier alpha value is -1.19. The molecule has 0 saturated heterocycles. The van der Waals surface area contributed by atoms with Crippen molar-refractivity contribution in [2.75, 3.05) is 0 Å². The zero-order valence-electron chi connectivity index (χ0n) is 20.4. The molecule has 5 rings (SSSR count). The van der Waals surface area contributed by atoms with Crippen LogP contribution in [0.2, 0.25) is 0 Å². The zero-order chi connectivity index (χ0) is 22.6. The van der Waals surface area contributed by atoms with Crippen LogP contribution in [0, 0.1) is 34.5 Å². The predicted molar refractivity (Wildman–Crippen MR) is 129 cm³/mol. The largest absolute Gasteiger partial charge is 0.393 e. The van der Waals surface area contributed by atoms with Gasteiger partial charge in [0.25, 0.3) is 0 Å². The lowest BCUT2D eigenvalue weighted by Gasteiger charge is -2.59. The van der Waals surface area contributed by atoms with E-state index in [0.717, 1.165) is 56.3 Å². The van der Waals surface area contributed by atoms with E-state index < -0.39 is 5.60 Å². The summed E-state index contributed by atoms with van der Waals surface area (Å²) in [5.41, 5.74) is 2.81. The summed E-state index contributed by atoms with van der Waals surface area (Å²) in [6.45, 7) is 7.23. The minimum absolute atomic E-state index is 0.129. The Kier molecular flexibility index (Phi) is 5.82. The normalized spacial score (nSPS) is 42.9. The van der Waals surface area contributed by atoms with Crippen LogP contribution in [0.4, 0.5) is 0 Å². The number of hydrogen-bond acceptors (Lipinski definition) is 3. The van der Waals surface area contributed by atoms with Crippen LogP contribution >= 0.6 is 0 Å². The van der Waals surface area contributed by atoms with Crippen molar-refractivity contribution in [2.45, 2.75) is 103 Å². The first-order chi connectivity index (χ1) is 15.3.